The fourth-order valence-corrected chi connectivity index (χ4v) is 4.26. The Morgan fingerprint density at radius 2 is 1.50 bits per heavy atom. The molecule has 1 heterocycles. The van der Waals surface area contributed by atoms with Crippen molar-refractivity contribution in [1.29, 1.82) is 0 Å². The molecule has 0 aliphatic carbocycles. The summed E-state index contributed by atoms with van der Waals surface area (Å²) in [6.07, 6.45) is 1.52. The number of hydrogen-bond acceptors (Lipinski definition) is 9. The number of hydrazone groups is 1. The molecule has 0 bridgehead atoms. The summed E-state index contributed by atoms with van der Waals surface area (Å²) in [5, 5.41) is 13.4. The molecule has 0 saturated heterocycles. The molecule has 1 N–H and O–H groups in total. The molecular formula is C27H27N5O5S. The van der Waals surface area contributed by atoms with Gasteiger partial charge in [-0.1, -0.05) is 11.8 Å². The van der Waals surface area contributed by atoms with Crippen LogP contribution < -0.4 is 24.4 Å². The van der Waals surface area contributed by atoms with E-state index in [1.807, 2.05) is 53.1 Å². The molecule has 4 aromatic rings. The minimum atomic E-state index is -0.297. The fourth-order valence-electron chi connectivity index (χ4n) is 3.52. The van der Waals surface area contributed by atoms with Crippen molar-refractivity contribution in [1.82, 2.24) is 20.2 Å². The van der Waals surface area contributed by atoms with Crippen molar-refractivity contribution >= 4 is 23.9 Å². The van der Waals surface area contributed by atoms with E-state index in [0.717, 1.165) is 22.7 Å². The van der Waals surface area contributed by atoms with E-state index in [0.29, 0.717) is 28.0 Å². The number of aromatic nitrogens is 3. The summed E-state index contributed by atoms with van der Waals surface area (Å²) < 4.78 is 23.0. The van der Waals surface area contributed by atoms with Crippen LogP contribution in [0.25, 0.3) is 17.1 Å². The van der Waals surface area contributed by atoms with Gasteiger partial charge in [0.25, 0.3) is 5.91 Å². The highest BCUT2D eigenvalue weighted by Gasteiger charge is 2.17. The maximum absolute atomic E-state index is 12.6. The monoisotopic (exact) mass is 533 g/mol. The summed E-state index contributed by atoms with van der Waals surface area (Å²) >= 11 is 1.25. The zero-order chi connectivity index (χ0) is 26.9. The van der Waals surface area contributed by atoms with Crippen LogP contribution in [0.3, 0.4) is 0 Å². The molecular weight excluding hydrogens is 506 g/mol. The molecule has 1 aromatic heterocycles. The lowest BCUT2D eigenvalue weighted by molar-refractivity contribution is -0.118. The lowest BCUT2D eigenvalue weighted by atomic mass is 10.2. The summed E-state index contributed by atoms with van der Waals surface area (Å²) in [4.78, 5) is 12.6. The molecule has 0 fully saturated rings. The van der Waals surface area contributed by atoms with E-state index in [9.17, 15) is 4.79 Å². The Morgan fingerprint density at radius 3 is 2.13 bits per heavy atom. The van der Waals surface area contributed by atoms with E-state index in [-0.39, 0.29) is 11.7 Å². The molecule has 0 radical (unpaired) electrons. The number of nitrogens with one attached hydrogen (secondary N) is 1. The fraction of sp³-hybridized carbons (Fsp3) is 0.185. The Balaban J connectivity index is 1.51. The zero-order valence-corrected chi connectivity index (χ0v) is 22.2. The van der Waals surface area contributed by atoms with Gasteiger partial charge in [0.05, 0.1) is 40.4 Å². The number of methoxy groups -OCH3 is 4. The summed E-state index contributed by atoms with van der Waals surface area (Å²) in [5.41, 5.74) is 4.92. The van der Waals surface area contributed by atoms with Crippen molar-refractivity contribution < 1.29 is 23.7 Å². The largest absolute Gasteiger partial charge is 0.497 e. The van der Waals surface area contributed by atoms with E-state index in [2.05, 4.69) is 20.7 Å². The SMILES string of the molecule is COc1ccc(-c2nnc(SCC(=O)N/N=C\c3ccc(OC)cc3OC)n2-c2ccc(OC)cc2)cc1. The normalized spacial score (nSPS) is 10.8. The standard InChI is InChI=1S/C27H27N5O5S/c1-34-21-10-5-18(6-11-21)26-30-31-27(32(26)20-8-13-22(35-2)14-9-20)38-17-25(33)29-28-16-19-7-12-23(36-3)15-24(19)37-4/h5-16H,17H2,1-4H3,(H,29,33)/b28-16-. The highest BCUT2D eigenvalue weighted by molar-refractivity contribution is 7.99. The smallest absolute Gasteiger partial charge is 0.250 e. The Morgan fingerprint density at radius 1 is 0.868 bits per heavy atom. The van der Waals surface area contributed by atoms with Crippen molar-refractivity contribution in [2.45, 2.75) is 5.16 Å². The summed E-state index contributed by atoms with van der Waals surface area (Å²) in [6.45, 7) is 0. The van der Waals surface area contributed by atoms with Gasteiger partial charge in [0.1, 0.15) is 23.0 Å². The second-order valence-corrected chi connectivity index (χ2v) is 8.70. The number of ether oxygens (including phenoxy) is 4. The molecule has 0 unspecified atom stereocenters. The third-order valence-corrected chi connectivity index (χ3v) is 6.41. The zero-order valence-electron chi connectivity index (χ0n) is 21.4. The van der Waals surface area contributed by atoms with E-state index < -0.39 is 0 Å². The molecule has 196 valence electrons. The number of nitrogens with zero attached hydrogens (tertiary/aromatic N) is 4. The Labute approximate surface area is 224 Å². The summed E-state index contributed by atoms with van der Waals surface area (Å²) in [6, 6.07) is 20.4. The van der Waals surface area contributed by atoms with Crippen LogP contribution in [0.15, 0.2) is 77.0 Å². The minimum absolute atomic E-state index is 0.0774. The van der Waals surface area contributed by atoms with Gasteiger partial charge >= 0.3 is 0 Å². The van der Waals surface area contributed by atoms with Crippen molar-refractivity contribution in [3.05, 3.63) is 72.3 Å². The van der Waals surface area contributed by atoms with Crippen molar-refractivity contribution in [2.24, 2.45) is 5.10 Å². The number of carbonyl (C=O) groups is 1. The van der Waals surface area contributed by atoms with Crippen LogP contribution in [0, 0.1) is 0 Å². The second kappa shape index (κ2) is 12.6. The first-order valence-corrected chi connectivity index (χ1v) is 12.5. The predicted octanol–water partition coefficient (Wildman–Crippen LogP) is 4.21. The quantitative estimate of drug-likeness (QED) is 0.174. The number of hydrogen-bond donors (Lipinski definition) is 1. The maximum Gasteiger partial charge on any atom is 0.250 e. The Bertz CT molecular complexity index is 1400. The average Bonchev–Trinajstić information content (AvgIpc) is 3.40. The van der Waals surface area contributed by atoms with E-state index in [1.54, 1.807) is 46.6 Å². The summed E-state index contributed by atoms with van der Waals surface area (Å²) in [7, 11) is 6.37. The average molecular weight is 534 g/mol. The van der Waals surface area contributed by atoms with Gasteiger partial charge in [-0.25, -0.2) is 5.43 Å². The Hall–Kier alpha value is -4.51. The van der Waals surface area contributed by atoms with Gasteiger partial charge in [-0.3, -0.25) is 9.36 Å². The molecule has 0 aliphatic heterocycles. The van der Waals surface area contributed by atoms with Gasteiger partial charge in [0.2, 0.25) is 0 Å². The molecule has 38 heavy (non-hydrogen) atoms. The molecule has 0 atom stereocenters. The summed E-state index contributed by atoms with van der Waals surface area (Å²) in [5.74, 6) is 3.12. The van der Waals surface area contributed by atoms with E-state index in [1.165, 1.54) is 18.0 Å². The molecule has 0 aliphatic rings. The van der Waals surface area contributed by atoms with Gasteiger partial charge in [-0.2, -0.15) is 5.10 Å². The molecule has 1 amide bonds. The molecule has 4 rings (SSSR count). The van der Waals surface area contributed by atoms with Crippen LogP contribution in [0.4, 0.5) is 0 Å². The molecule has 10 nitrogen and oxygen atoms in total. The third-order valence-electron chi connectivity index (χ3n) is 5.48. The molecule has 0 saturated carbocycles. The first-order chi connectivity index (χ1) is 18.6. The minimum Gasteiger partial charge on any atom is -0.497 e. The first kappa shape index (κ1) is 26.6. The number of rotatable bonds is 11. The van der Waals surface area contributed by atoms with Crippen LogP contribution in [0.2, 0.25) is 0 Å². The highest BCUT2D eigenvalue weighted by atomic mass is 32.2. The highest BCUT2D eigenvalue weighted by Crippen LogP contribution is 2.30. The van der Waals surface area contributed by atoms with Gasteiger partial charge in [-0.05, 0) is 60.7 Å². The van der Waals surface area contributed by atoms with Crippen LogP contribution in [-0.4, -0.2) is 61.1 Å². The van der Waals surface area contributed by atoms with Crippen LogP contribution >= 0.6 is 11.8 Å². The van der Waals surface area contributed by atoms with Gasteiger partial charge in [-0.15, -0.1) is 10.2 Å². The van der Waals surface area contributed by atoms with Crippen LogP contribution in [0.5, 0.6) is 23.0 Å². The molecule has 3 aromatic carbocycles. The lowest BCUT2D eigenvalue weighted by Crippen LogP contribution is -2.20. The third kappa shape index (κ3) is 6.24. The second-order valence-electron chi connectivity index (χ2n) is 7.76. The van der Waals surface area contributed by atoms with Crippen LogP contribution in [0.1, 0.15) is 5.56 Å². The van der Waals surface area contributed by atoms with Crippen molar-refractivity contribution in [3.63, 3.8) is 0 Å². The lowest BCUT2D eigenvalue weighted by Gasteiger charge is -2.11. The van der Waals surface area contributed by atoms with Gasteiger partial charge < -0.3 is 18.9 Å². The van der Waals surface area contributed by atoms with Crippen LogP contribution in [-0.2, 0) is 4.79 Å². The predicted molar refractivity (Wildman–Crippen MR) is 146 cm³/mol. The molecule has 0 spiro atoms. The number of thioether (sulfide) groups is 1. The Kier molecular flexibility index (Phi) is 8.83. The topological polar surface area (TPSA) is 109 Å². The first-order valence-electron chi connectivity index (χ1n) is 11.5. The number of benzene rings is 3. The number of carbonyl (C=O) groups excluding carboxylic acids is 1. The van der Waals surface area contributed by atoms with Gasteiger partial charge in [0.15, 0.2) is 11.0 Å². The van der Waals surface area contributed by atoms with E-state index >= 15 is 0 Å². The van der Waals surface area contributed by atoms with Crippen molar-refractivity contribution in [3.8, 4) is 40.1 Å². The number of amides is 1. The van der Waals surface area contributed by atoms with E-state index in [4.69, 9.17) is 18.9 Å². The molecule has 11 heteroatoms. The van der Waals surface area contributed by atoms with Gasteiger partial charge in [0, 0.05) is 22.9 Å². The maximum atomic E-state index is 12.6. The van der Waals surface area contributed by atoms with Crippen molar-refractivity contribution in [2.75, 3.05) is 34.2 Å².